The molecule has 78 valence electrons. The van der Waals surface area contributed by atoms with E-state index in [1.54, 1.807) is 0 Å². The molecule has 0 aromatic heterocycles. The molecule has 0 radical (unpaired) electrons. The Labute approximate surface area is 83.2 Å². The smallest absolute Gasteiger partial charge is 0.326 e. The molecule has 2 atom stereocenters. The molecule has 0 aromatic carbocycles. The first-order valence-corrected chi connectivity index (χ1v) is 4.77. The van der Waals surface area contributed by atoms with Crippen molar-refractivity contribution in [2.75, 3.05) is 20.2 Å². The molecule has 14 heavy (non-hydrogen) atoms. The molecule has 4 nitrogen and oxygen atoms in total. The maximum absolute atomic E-state index is 11.7. The summed E-state index contributed by atoms with van der Waals surface area (Å²) >= 11 is 0. The van der Waals surface area contributed by atoms with Crippen molar-refractivity contribution in [2.45, 2.75) is 24.5 Å². The molecule has 2 rings (SSSR count). The van der Waals surface area contributed by atoms with Gasteiger partial charge in [0, 0.05) is 19.5 Å². The highest BCUT2D eigenvalue weighted by Crippen LogP contribution is 2.41. The summed E-state index contributed by atoms with van der Waals surface area (Å²) in [6.45, 7) is 5.14. The zero-order valence-corrected chi connectivity index (χ0v) is 8.32. The second-order valence-corrected chi connectivity index (χ2v) is 4.19. The number of carbonyl (C=O) groups excluding carboxylic acids is 1. The van der Waals surface area contributed by atoms with E-state index >= 15 is 0 Å². The molecular weight excluding hydrogens is 182 g/mol. The summed E-state index contributed by atoms with van der Waals surface area (Å²) in [6, 6.07) is 0. The van der Waals surface area contributed by atoms with Crippen LogP contribution in [0.5, 0.6) is 0 Å². The summed E-state index contributed by atoms with van der Waals surface area (Å²) < 4.78 is 4.80. The van der Waals surface area contributed by atoms with Crippen LogP contribution in [0.1, 0.15) is 12.8 Å². The van der Waals surface area contributed by atoms with Crippen molar-refractivity contribution in [1.29, 1.82) is 0 Å². The third-order valence-electron chi connectivity index (χ3n) is 3.13. The molecule has 0 spiro atoms. The van der Waals surface area contributed by atoms with Crippen LogP contribution in [0.3, 0.4) is 0 Å². The predicted octanol–water partition coefficient (Wildman–Crippen LogP) is -0.0753. The van der Waals surface area contributed by atoms with Gasteiger partial charge in [0.2, 0.25) is 0 Å². The number of aliphatic hydroxyl groups excluding tert-OH is 1. The second kappa shape index (κ2) is 3.07. The van der Waals surface area contributed by atoms with Crippen molar-refractivity contribution < 1.29 is 14.6 Å². The Morgan fingerprint density at radius 2 is 2.50 bits per heavy atom. The molecule has 2 heterocycles. The standard InChI is InChI=1S/C10H15NO3/c1-7-3-10(9(13)14-2)4-8(12)6-11(10)5-7/h8,12H,1,3-6H2,2H3/t8-,10?/m1/s1. The van der Waals surface area contributed by atoms with Gasteiger partial charge in [-0.15, -0.1) is 0 Å². The van der Waals surface area contributed by atoms with Gasteiger partial charge in [0.05, 0.1) is 13.2 Å². The first-order chi connectivity index (χ1) is 6.58. The molecule has 2 saturated heterocycles. The van der Waals surface area contributed by atoms with E-state index in [2.05, 4.69) is 6.58 Å². The molecule has 2 aliphatic heterocycles. The van der Waals surface area contributed by atoms with E-state index in [0.717, 1.165) is 5.57 Å². The van der Waals surface area contributed by atoms with E-state index in [-0.39, 0.29) is 5.97 Å². The Morgan fingerprint density at radius 1 is 1.79 bits per heavy atom. The highest BCUT2D eigenvalue weighted by atomic mass is 16.5. The zero-order valence-electron chi connectivity index (χ0n) is 8.32. The van der Waals surface area contributed by atoms with Gasteiger partial charge in [0.25, 0.3) is 0 Å². The number of hydrogen-bond acceptors (Lipinski definition) is 4. The third kappa shape index (κ3) is 1.18. The minimum Gasteiger partial charge on any atom is -0.468 e. The minimum absolute atomic E-state index is 0.243. The lowest BCUT2D eigenvalue weighted by atomic mass is 9.92. The van der Waals surface area contributed by atoms with Gasteiger partial charge in [-0.3, -0.25) is 9.69 Å². The van der Waals surface area contributed by atoms with E-state index in [1.807, 2.05) is 4.90 Å². The van der Waals surface area contributed by atoms with Crippen molar-refractivity contribution in [2.24, 2.45) is 0 Å². The number of β-amino-alcohol motifs (C(OH)–C–C–N with tert-alkyl or cyclic N) is 1. The molecule has 1 unspecified atom stereocenters. The minimum atomic E-state index is -0.620. The van der Waals surface area contributed by atoms with Crippen LogP contribution in [0.2, 0.25) is 0 Å². The maximum atomic E-state index is 11.7. The van der Waals surface area contributed by atoms with Crippen LogP contribution in [0.4, 0.5) is 0 Å². The summed E-state index contributed by atoms with van der Waals surface area (Å²) in [5, 5.41) is 9.55. The molecule has 0 bridgehead atoms. The van der Waals surface area contributed by atoms with Gasteiger partial charge in [-0.2, -0.15) is 0 Å². The Morgan fingerprint density at radius 3 is 3.14 bits per heavy atom. The third-order valence-corrected chi connectivity index (χ3v) is 3.13. The molecule has 0 aromatic rings. The number of nitrogens with zero attached hydrogens (tertiary/aromatic N) is 1. The van der Waals surface area contributed by atoms with E-state index in [1.165, 1.54) is 7.11 Å². The lowest BCUT2D eigenvalue weighted by molar-refractivity contribution is -0.151. The molecule has 0 saturated carbocycles. The van der Waals surface area contributed by atoms with Gasteiger partial charge < -0.3 is 9.84 Å². The Bertz CT molecular complexity index is 289. The number of esters is 1. The molecule has 2 aliphatic rings. The quantitative estimate of drug-likeness (QED) is 0.472. The van der Waals surface area contributed by atoms with Crippen molar-refractivity contribution >= 4 is 5.97 Å². The molecule has 1 N–H and O–H groups in total. The average Bonchev–Trinajstić information content (AvgIpc) is 2.55. The normalized spacial score (nSPS) is 37.3. The van der Waals surface area contributed by atoms with Crippen molar-refractivity contribution in [3.63, 3.8) is 0 Å². The summed E-state index contributed by atoms with van der Waals surface area (Å²) in [6.07, 6.45) is 0.678. The fraction of sp³-hybridized carbons (Fsp3) is 0.700. The first-order valence-electron chi connectivity index (χ1n) is 4.77. The van der Waals surface area contributed by atoms with E-state index in [4.69, 9.17) is 4.74 Å². The summed E-state index contributed by atoms with van der Waals surface area (Å²) in [5.41, 5.74) is 0.424. The van der Waals surface area contributed by atoms with Gasteiger partial charge >= 0.3 is 5.97 Å². The maximum Gasteiger partial charge on any atom is 0.326 e. The van der Waals surface area contributed by atoms with Crippen molar-refractivity contribution in [3.05, 3.63) is 12.2 Å². The topological polar surface area (TPSA) is 49.8 Å². The second-order valence-electron chi connectivity index (χ2n) is 4.19. The fourth-order valence-corrected chi connectivity index (χ4v) is 2.63. The average molecular weight is 197 g/mol. The van der Waals surface area contributed by atoms with Crippen molar-refractivity contribution in [1.82, 2.24) is 4.90 Å². The SMILES string of the molecule is C=C1CN2C[C@H](O)CC2(C(=O)OC)C1. The van der Waals surface area contributed by atoms with E-state index in [0.29, 0.717) is 25.9 Å². The highest BCUT2D eigenvalue weighted by molar-refractivity contribution is 5.82. The van der Waals surface area contributed by atoms with Crippen molar-refractivity contribution in [3.8, 4) is 0 Å². The first kappa shape index (κ1) is 9.68. The lowest BCUT2D eigenvalue weighted by Crippen LogP contribution is -2.46. The Kier molecular flexibility index (Phi) is 2.12. The van der Waals surface area contributed by atoms with Crippen LogP contribution in [0.15, 0.2) is 12.2 Å². The summed E-state index contributed by atoms with van der Waals surface area (Å²) in [4.78, 5) is 13.7. The number of carbonyl (C=O) groups is 1. The molecule has 0 aliphatic carbocycles. The number of rotatable bonds is 1. The molecule has 4 heteroatoms. The fourth-order valence-electron chi connectivity index (χ4n) is 2.63. The van der Waals surface area contributed by atoms with Crippen LogP contribution in [0.25, 0.3) is 0 Å². The summed E-state index contributed by atoms with van der Waals surface area (Å²) in [5.74, 6) is -0.243. The number of fused-ring (bicyclic) bond motifs is 1. The molecular formula is C10H15NO3. The number of methoxy groups -OCH3 is 1. The lowest BCUT2D eigenvalue weighted by Gasteiger charge is -2.27. The van der Waals surface area contributed by atoms with E-state index in [9.17, 15) is 9.90 Å². The largest absolute Gasteiger partial charge is 0.468 e. The monoisotopic (exact) mass is 197 g/mol. The Balaban J connectivity index is 2.29. The van der Waals surface area contributed by atoms with Crippen LogP contribution >= 0.6 is 0 Å². The van der Waals surface area contributed by atoms with Crippen LogP contribution < -0.4 is 0 Å². The number of ether oxygens (including phenoxy) is 1. The number of hydrogen-bond donors (Lipinski definition) is 1. The van der Waals surface area contributed by atoms with Gasteiger partial charge in [-0.1, -0.05) is 12.2 Å². The van der Waals surface area contributed by atoms with Gasteiger partial charge in [-0.05, 0) is 6.42 Å². The molecule has 0 amide bonds. The molecule has 2 fully saturated rings. The van der Waals surface area contributed by atoms with Crippen LogP contribution in [-0.2, 0) is 9.53 Å². The predicted molar refractivity (Wildman–Crippen MR) is 50.7 cm³/mol. The highest BCUT2D eigenvalue weighted by Gasteiger charge is 2.55. The van der Waals surface area contributed by atoms with Gasteiger partial charge in [-0.25, -0.2) is 0 Å². The van der Waals surface area contributed by atoms with Gasteiger partial charge in [0.1, 0.15) is 5.54 Å². The Hall–Kier alpha value is -0.870. The van der Waals surface area contributed by atoms with Crippen LogP contribution in [0, 0.1) is 0 Å². The number of aliphatic hydroxyl groups is 1. The van der Waals surface area contributed by atoms with E-state index < -0.39 is 11.6 Å². The van der Waals surface area contributed by atoms with Crippen LogP contribution in [-0.4, -0.2) is 47.8 Å². The summed E-state index contributed by atoms with van der Waals surface area (Å²) in [7, 11) is 1.39. The van der Waals surface area contributed by atoms with Gasteiger partial charge in [0.15, 0.2) is 0 Å². The zero-order chi connectivity index (χ0) is 10.3.